The Morgan fingerprint density at radius 3 is 2.70 bits per heavy atom. The molecule has 27 heavy (non-hydrogen) atoms. The van der Waals surface area contributed by atoms with E-state index in [9.17, 15) is 0 Å². The number of aromatic nitrogens is 2. The van der Waals surface area contributed by atoms with Gasteiger partial charge < -0.3 is 10.1 Å². The van der Waals surface area contributed by atoms with Gasteiger partial charge in [-0.25, -0.2) is 9.97 Å². The zero-order valence-corrected chi connectivity index (χ0v) is 17.4. The van der Waals surface area contributed by atoms with Crippen molar-refractivity contribution >= 4 is 50.6 Å². The van der Waals surface area contributed by atoms with Gasteiger partial charge in [0.25, 0.3) is 0 Å². The van der Waals surface area contributed by atoms with Crippen LogP contribution in [0.1, 0.15) is 49.4 Å². The van der Waals surface area contributed by atoms with Crippen LogP contribution in [0.4, 0.5) is 5.82 Å². The van der Waals surface area contributed by atoms with Crippen molar-refractivity contribution in [3.63, 3.8) is 0 Å². The highest BCUT2D eigenvalue weighted by Crippen LogP contribution is 2.36. The Balaban J connectivity index is 1.62. The first-order valence-corrected chi connectivity index (χ1v) is 10.7. The molecule has 0 amide bonds. The number of halogens is 2. The minimum Gasteiger partial charge on any atom is -0.495 e. The van der Waals surface area contributed by atoms with Crippen LogP contribution >= 0.6 is 34.5 Å². The zero-order chi connectivity index (χ0) is 18.8. The number of nitrogens with one attached hydrogen (secondary N) is 1. The Morgan fingerprint density at radius 2 is 1.96 bits per heavy atom. The highest BCUT2D eigenvalue weighted by molar-refractivity contribution is 7.22. The molecule has 0 saturated heterocycles. The maximum atomic E-state index is 6.26. The van der Waals surface area contributed by atoms with Crippen molar-refractivity contribution < 1.29 is 4.74 Å². The largest absolute Gasteiger partial charge is 0.495 e. The first-order valence-electron chi connectivity index (χ1n) is 9.17. The molecule has 4 nitrogen and oxygen atoms in total. The van der Waals surface area contributed by atoms with Crippen LogP contribution in [-0.2, 0) is 6.54 Å². The van der Waals surface area contributed by atoms with E-state index in [-0.39, 0.29) is 0 Å². The lowest BCUT2D eigenvalue weighted by molar-refractivity contribution is 0.415. The van der Waals surface area contributed by atoms with E-state index >= 15 is 0 Å². The Bertz CT molecular complexity index is 954. The van der Waals surface area contributed by atoms with E-state index in [1.807, 2.05) is 24.3 Å². The number of methoxy groups -OCH3 is 1. The van der Waals surface area contributed by atoms with Gasteiger partial charge in [-0.2, -0.15) is 0 Å². The molecule has 142 valence electrons. The maximum absolute atomic E-state index is 6.26. The minimum absolute atomic E-state index is 0.444. The van der Waals surface area contributed by atoms with Crippen LogP contribution in [0.15, 0.2) is 24.3 Å². The number of thiophene rings is 1. The third-order valence-electron chi connectivity index (χ3n) is 5.03. The van der Waals surface area contributed by atoms with E-state index < -0.39 is 0 Å². The predicted molar refractivity (Wildman–Crippen MR) is 114 cm³/mol. The summed E-state index contributed by atoms with van der Waals surface area (Å²) < 4.78 is 5.95. The van der Waals surface area contributed by atoms with E-state index in [1.54, 1.807) is 7.11 Å². The number of rotatable bonds is 5. The lowest BCUT2D eigenvalue weighted by atomic mass is 9.89. The summed E-state index contributed by atoms with van der Waals surface area (Å²) in [6.07, 6.45) is 6.15. The van der Waals surface area contributed by atoms with Gasteiger partial charge in [0.2, 0.25) is 0 Å². The van der Waals surface area contributed by atoms with Crippen LogP contribution in [0.2, 0.25) is 9.36 Å². The summed E-state index contributed by atoms with van der Waals surface area (Å²) in [6, 6.07) is 7.73. The molecule has 0 aliphatic heterocycles. The molecule has 4 rings (SSSR count). The monoisotopic (exact) mass is 421 g/mol. The van der Waals surface area contributed by atoms with Gasteiger partial charge >= 0.3 is 0 Å². The molecule has 1 aromatic carbocycles. The van der Waals surface area contributed by atoms with Crippen molar-refractivity contribution in [2.24, 2.45) is 0 Å². The second-order valence-electron chi connectivity index (χ2n) is 6.86. The number of hydrogen-bond donors (Lipinski definition) is 1. The number of hydrogen-bond acceptors (Lipinski definition) is 5. The fraction of sp³-hybridized carbons (Fsp3) is 0.400. The summed E-state index contributed by atoms with van der Waals surface area (Å²) in [6.45, 7) is 0.618. The van der Waals surface area contributed by atoms with Gasteiger partial charge in [0.1, 0.15) is 22.2 Å². The Morgan fingerprint density at radius 1 is 1.15 bits per heavy atom. The van der Waals surface area contributed by atoms with Gasteiger partial charge in [-0.1, -0.05) is 48.5 Å². The van der Waals surface area contributed by atoms with Crippen molar-refractivity contribution in [1.82, 2.24) is 9.97 Å². The summed E-state index contributed by atoms with van der Waals surface area (Å²) in [4.78, 5) is 10.6. The lowest BCUT2D eigenvalue weighted by Gasteiger charge is -2.21. The summed E-state index contributed by atoms with van der Waals surface area (Å²) in [5.74, 6) is 2.90. The summed E-state index contributed by atoms with van der Waals surface area (Å²) in [5, 5.41) is 5.04. The number of ether oxygens (including phenoxy) is 1. The van der Waals surface area contributed by atoms with E-state index in [0.29, 0.717) is 23.2 Å². The molecule has 0 atom stereocenters. The molecule has 0 radical (unpaired) electrons. The lowest BCUT2D eigenvalue weighted by Crippen LogP contribution is -2.11. The van der Waals surface area contributed by atoms with Crippen molar-refractivity contribution in [3.05, 3.63) is 45.0 Å². The van der Waals surface area contributed by atoms with Gasteiger partial charge in [-0.05, 0) is 36.6 Å². The molecule has 7 heteroatoms. The van der Waals surface area contributed by atoms with E-state index in [4.69, 9.17) is 37.9 Å². The number of anilines is 1. The van der Waals surface area contributed by atoms with E-state index in [1.165, 1.54) is 30.6 Å². The second kappa shape index (κ2) is 8.21. The number of benzene rings is 1. The Labute approximate surface area is 172 Å². The molecule has 1 aliphatic carbocycles. The highest BCUT2D eigenvalue weighted by atomic mass is 35.5. The quantitative estimate of drug-likeness (QED) is 0.499. The van der Waals surface area contributed by atoms with Crippen molar-refractivity contribution in [2.45, 2.75) is 44.6 Å². The van der Waals surface area contributed by atoms with Crippen LogP contribution < -0.4 is 10.1 Å². The molecular formula is C20H21Cl2N3OS. The average molecular weight is 422 g/mol. The van der Waals surface area contributed by atoms with Crippen LogP contribution in [0.3, 0.4) is 0 Å². The normalized spacial score (nSPS) is 15.2. The molecule has 0 spiro atoms. The molecule has 3 aromatic rings. The van der Waals surface area contributed by atoms with E-state index in [0.717, 1.165) is 44.6 Å². The fourth-order valence-electron chi connectivity index (χ4n) is 3.59. The van der Waals surface area contributed by atoms with Gasteiger partial charge in [-0.15, -0.1) is 11.3 Å². The highest BCUT2D eigenvalue weighted by Gasteiger charge is 2.21. The van der Waals surface area contributed by atoms with E-state index in [2.05, 4.69) is 5.32 Å². The zero-order valence-electron chi connectivity index (χ0n) is 15.1. The predicted octanol–water partition coefficient (Wildman–Crippen LogP) is 6.67. The SMILES string of the molecule is COc1ccc(CNc2nc(C3CCCCC3)nc3sc(Cl)cc23)cc1Cl. The second-order valence-corrected chi connectivity index (χ2v) is 8.93. The topological polar surface area (TPSA) is 47.0 Å². The van der Waals surface area contributed by atoms with Gasteiger partial charge in [0, 0.05) is 12.5 Å². The third kappa shape index (κ3) is 4.15. The van der Waals surface area contributed by atoms with Crippen molar-refractivity contribution in [3.8, 4) is 5.75 Å². The summed E-state index contributed by atoms with van der Waals surface area (Å²) >= 11 is 14.0. The van der Waals surface area contributed by atoms with Gasteiger partial charge in [0.15, 0.2) is 0 Å². The smallest absolute Gasteiger partial charge is 0.138 e. The van der Waals surface area contributed by atoms with Crippen LogP contribution in [-0.4, -0.2) is 17.1 Å². The molecule has 0 unspecified atom stereocenters. The van der Waals surface area contributed by atoms with Crippen molar-refractivity contribution in [1.29, 1.82) is 0 Å². The third-order valence-corrected chi connectivity index (χ3v) is 6.48. The summed E-state index contributed by atoms with van der Waals surface area (Å²) in [7, 11) is 1.61. The minimum atomic E-state index is 0.444. The number of nitrogens with zero attached hydrogens (tertiary/aromatic N) is 2. The van der Waals surface area contributed by atoms with Crippen LogP contribution in [0.5, 0.6) is 5.75 Å². The fourth-order valence-corrected chi connectivity index (χ4v) is 4.97. The molecular weight excluding hydrogens is 401 g/mol. The van der Waals surface area contributed by atoms with Crippen LogP contribution in [0.25, 0.3) is 10.2 Å². The average Bonchev–Trinajstić information content (AvgIpc) is 3.07. The molecule has 1 N–H and O–H groups in total. The maximum Gasteiger partial charge on any atom is 0.138 e. The molecule has 1 aliphatic rings. The van der Waals surface area contributed by atoms with Crippen LogP contribution in [0, 0.1) is 0 Å². The molecule has 1 saturated carbocycles. The van der Waals surface area contributed by atoms with Gasteiger partial charge in [-0.3, -0.25) is 0 Å². The molecule has 2 heterocycles. The first-order chi connectivity index (χ1) is 13.1. The molecule has 0 bridgehead atoms. The molecule has 2 aromatic heterocycles. The van der Waals surface area contributed by atoms with Gasteiger partial charge in [0.05, 0.1) is 21.9 Å². The Kier molecular flexibility index (Phi) is 5.71. The standard InChI is InChI=1S/C20H21Cl2N3OS/c1-26-16-8-7-12(9-15(16)21)11-23-19-14-10-17(22)27-20(14)25-18(24-19)13-5-3-2-4-6-13/h7-10,13H,2-6,11H2,1H3,(H,23,24,25). The Hall–Kier alpha value is -1.56. The summed E-state index contributed by atoms with van der Waals surface area (Å²) in [5.41, 5.74) is 1.06. The number of fused-ring (bicyclic) bond motifs is 1. The van der Waals surface area contributed by atoms with Crippen molar-refractivity contribution in [2.75, 3.05) is 12.4 Å². The first kappa shape index (κ1) is 18.8. The molecule has 1 fully saturated rings.